The smallest absolute Gasteiger partial charge is 0.177 e. The number of aromatic amines is 1. The van der Waals surface area contributed by atoms with E-state index in [4.69, 9.17) is 0 Å². The van der Waals surface area contributed by atoms with Crippen LogP contribution in [0.1, 0.15) is 32.0 Å². The van der Waals surface area contributed by atoms with E-state index in [-0.39, 0.29) is 0 Å². The molecule has 4 heteroatoms. The Morgan fingerprint density at radius 2 is 2.39 bits per heavy atom. The number of hydrogen-bond donors (Lipinski definition) is 1. The van der Waals surface area contributed by atoms with Crippen LogP contribution in [0.15, 0.2) is 18.3 Å². The lowest BCUT2D eigenvalue weighted by Gasteiger charge is -2.34. The van der Waals surface area contributed by atoms with Gasteiger partial charge in [0.25, 0.3) is 0 Å². The minimum atomic E-state index is 0.643. The molecule has 18 heavy (non-hydrogen) atoms. The van der Waals surface area contributed by atoms with Gasteiger partial charge >= 0.3 is 0 Å². The zero-order valence-electron chi connectivity index (χ0n) is 10.9. The molecule has 1 saturated heterocycles. The summed E-state index contributed by atoms with van der Waals surface area (Å²) in [5.74, 6) is 1.08. The fraction of sp³-hybridized carbons (Fsp3) is 0.571. The van der Waals surface area contributed by atoms with Gasteiger partial charge in [-0.1, -0.05) is 13.3 Å². The Morgan fingerprint density at radius 1 is 1.44 bits per heavy atom. The standard InChI is InChI=1S/C14H20N4/c1-2-18-9-4-3-6-11(18)10-13-16-12-7-5-8-15-14(12)17-13/h5,7-8,11H,2-4,6,9-10H2,1H3,(H,15,16,17). The van der Waals surface area contributed by atoms with Gasteiger partial charge in [0.15, 0.2) is 5.65 Å². The van der Waals surface area contributed by atoms with Crippen molar-refractivity contribution in [2.45, 2.75) is 38.6 Å². The molecular weight excluding hydrogens is 224 g/mol. The predicted octanol–water partition coefficient (Wildman–Crippen LogP) is 2.37. The number of hydrogen-bond acceptors (Lipinski definition) is 3. The lowest BCUT2D eigenvalue weighted by atomic mass is 9.99. The van der Waals surface area contributed by atoms with E-state index >= 15 is 0 Å². The fourth-order valence-corrected chi connectivity index (χ4v) is 2.92. The first kappa shape index (κ1) is 11.7. The second-order valence-electron chi connectivity index (χ2n) is 5.04. The molecule has 96 valence electrons. The van der Waals surface area contributed by atoms with Gasteiger partial charge in [-0.15, -0.1) is 0 Å². The van der Waals surface area contributed by atoms with E-state index in [9.17, 15) is 0 Å². The number of nitrogens with one attached hydrogen (secondary N) is 1. The summed E-state index contributed by atoms with van der Waals surface area (Å²) in [4.78, 5) is 14.8. The summed E-state index contributed by atoms with van der Waals surface area (Å²) in [6, 6.07) is 4.63. The van der Waals surface area contributed by atoms with Crippen molar-refractivity contribution in [1.29, 1.82) is 0 Å². The molecule has 3 rings (SSSR count). The van der Waals surface area contributed by atoms with E-state index in [2.05, 4.69) is 26.8 Å². The molecule has 1 N–H and O–H groups in total. The maximum Gasteiger partial charge on any atom is 0.177 e. The molecule has 2 aromatic rings. The normalized spacial score (nSPS) is 21.5. The van der Waals surface area contributed by atoms with Gasteiger partial charge in [0.05, 0.1) is 5.52 Å². The van der Waals surface area contributed by atoms with Crippen LogP contribution in [0, 0.1) is 0 Å². The minimum Gasteiger partial charge on any atom is -0.341 e. The number of nitrogens with zero attached hydrogens (tertiary/aromatic N) is 3. The number of rotatable bonds is 3. The highest BCUT2D eigenvalue weighted by molar-refractivity contribution is 5.69. The molecule has 4 nitrogen and oxygen atoms in total. The molecule has 0 aromatic carbocycles. The van der Waals surface area contributed by atoms with Gasteiger partial charge < -0.3 is 9.88 Å². The van der Waals surface area contributed by atoms with E-state index in [0.717, 1.165) is 30.0 Å². The van der Waals surface area contributed by atoms with Crippen molar-refractivity contribution < 1.29 is 0 Å². The molecule has 0 radical (unpaired) electrons. The quantitative estimate of drug-likeness (QED) is 0.901. The third kappa shape index (κ3) is 2.25. The fourth-order valence-electron chi connectivity index (χ4n) is 2.92. The first-order valence-electron chi connectivity index (χ1n) is 6.90. The van der Waals surface area contributed by atoms with Crippen molar-refractivity contribution in [2.24, 2.45) is 0 Å². The topological polar surface area (TPSA) is 44.8 Å². The van der Waals surface area contributed by atoms with Gasteiger partial charge in [0.2, 0.25) is 0 Å². The van der Waals surface area contributed by atoms with Crippen LogP contribution in [0.5, 0.6) is 0 Å². The maximum absolute atomic E-state index is 4.58. The highest BCUT2D eigenvalue weighted by atomic mass is 15.2. The maximum atomic E-state index is 4.58. The number of pyridine rings is 1. The summed E-state index contributed by atoms with van der Waals surface area (Å²) in [5.41, 5.74) is 1.89. The Balaban J connectivity index is 1.78. The average molecular weight is 244 g/mol. The lowest BCUT2D eigenvalue weighted by molar-refractivity contribution is 0.154. The molecule has 0 amide bonds. The van der Waals surface area contributed by atoms with Crippen LogP contribution in [-0.4, -0.2) is 39.0 Å². The van der Waals surface area contributed by atoms with E-state index in [1.54, 1.807) is 6.20 Å². The molecule has 0 saturated carbocycles. The van der Waals surface area contributed by atoms with Crippen molar-refractivity contribution in [3.63, 3.8) is 0 Å². The van der Waals surface area contributed by atoms with Gasteiger partial charge in [-0.3, -0.25) is 0 Å². The summed E-state index contributed by atoms with van der Waals surface area (Å²) < 4.78 is 0. The Hall–Kier alpha value is -1.42. The number of aromatic nitrogens is 3. The molecular formula is C14H20N4. The summed E-state index contributed by atoms with van der Waals surface area (Å²) in [6.45, 7) is 4.63. The number of fused-ring (bicyclic) bond motifs is 1. The molecule has 1 fully saturated rings. The number of piperidine rings is 1. The second-order valence-corrected chi connectivity index (χ2v) is 5.04. The third-order valence-corrected chi connectivity index (χ3v) is 3.89. The monoisotopic (exact) mass is 244 g/mol. The van der Waals surface area contributed by atoms with Crippen LogP contribution >= 0.6 is 0 Å². The summed E-state index contributed by atoms with van der Waals surface area (Å²) in [6.07, 6.45) is 6.79. The van der Waals surface area contributed by atoms with Gasteiger partial charge in [0, 0.05) is 18.7 Å². The molecule has 1 aliphatic heterocycles. The Morgan fingerprint density at radius 3 is 3.22 bits per heavy atom. The Bertz CT molecular complexity index is 486. The lowest BCUT2D eigenvalue weighted by Crippen LogP contribution is -2.40. The first-order valence-corrected chi connectivity index (χ1v) is 6.90. The first-order chi connectivity index (χ1) is 8.86. The zero-order chi connectivity index (χ0) is 12.4. The average Bonchev–Trinajstić information content (AvgIpc) is 2.81. The SMILES string of the molecule is CCN1CCCCC1Cc1nc2ncccc2[nH]1. The van der Waals surface area contributed by atoms with Crippen LogP contribution in [0.3, 0.4) is 0 Å². The van der Waals surface area contributed by atoms with Gasteiger partial charge in [0.1, 0.15) is 5.82 Å². The molecule has 0 bridgehead atoms. The molecule has 3 heterocycles. The second kappa shape index (κ2) is 5.06. The number of likely N-dealkylation sites (tertiary alicyclic amines) is 1. The van der Waals surface area contributed by atoms with E-state index in [0.29, 0.717) is 6.04 Å². The van der Waals surface area contributed by atoms with E-state index in [1.165, 1.54) is 25.8 Å². The van der Waals surface area contributed by atoms with Crippen molar-refractivity contribution >= 4 is 11.2 Å². The van der Waals surface area contributed by atoms with Gasteiger partial charge in [-0.25, -0.2) is 9.97 Å². The highest BCUT2D eigenvalue weighted by Crippen LogP contribution is 2.20. The van der Waals surface area contributed by atoms with Crippen LogP contribution in [0.4, 0.5) is 0 Å². The summed E-state index contributed by atoms with van der Waals surface area (Å²) >= 11 is 0. The van der Waals surface area contributed by atoms with Crippen LogP contribution in [0.25, 0.3) is 11.2 Å². The van der Waals surface area contributed by atoms with Crippen molar-refractivity contribution in [3.05, 3.63) is 24.2 Å². The largest absolute Gasteiger partial charge is 0.341 e. The molecule has 1 unspecified atom stereocenters. The van der Waals surface area contributed by atoms with Crippen molar-refractivity contribution in [2.75, 3.05) is 13.1 Å². The van der Waals surface area contributed by atoms with Crippen LogP contribution in [-0.2, 0) is 6.42 Å². The molecule has 1 atom stereocenters. The zero-order valence-corrected chi connectivity index (χ0v) is 10.9. The van der Waals surface area contributed by atoms with E-state index in [1.807, 2.05) is 12.1 Å². The predicted molar refractivity (Wildman–Crippen MR) is 72.5 cm³/mol. The van der Waals surface area contributed by atoms with Crippen molar-refractivity contribution in [3.8, 4) is 0 Å². The molecule has 0 spiro atoms. The number of likely N-dealkylation sites (N-methyl/N-ethyl adjacent to an activating group) is 1. The van der Waals surface area contributed by atoms with Crippen molar-refractivity contribution in [1.82, 2.24) is 19.9 Å². The van der Waals surface area contributed by atoms with Gasteiger partial charge in [-0.05, 0) is 38.1 Å². The summed E-state index contributed by atoms with van der Waals surface area (Å²) in [5, 5.41) is 0. The summed E-state index contributed by atoms with van der Waals surface area (Å²) in [7, 11) is 0. The van der Waals surface area contributed by atoms with Crippen LogP contribution in [0.2, 0.25) is 0 Å². The Labute approximate surface area is 107 Å². The third-order valence-electron chi connectivity index (χ3n) is 3.89. The Kier molecular flexibility index (Phi) is 3.28. The molecule has 1 aliphatic rings. The molecule has 0 aliphatic carbocycles. The molecule has 2 aromatic heterocycles. The van der Waals surface area contributed by atoms with Gasteiger partial charge in [-0.2, -0.15) is 0 Å². The minimum absolute atomic E-state index is 0.643. The highest BCUT2D eigenvalue weighted by Gasteiger charge is 2.22. The number of H-pyrrole nitrogens is 1. The van der Waals surface area contributed by atoms with E-state index < -0.39 is 0 Å². The van der Waals surface area contributed by atoms with Crippen LogP contribution < -0.4 is 0 Å². The number of imidazole rings is 1.